The van der Waals surface area contributed by atoms with Crippen molar-refractivity contribution in [2.24, 2.45) is 23.5 Å². The first-order valence-electron chi connectivity index (χ1n) is 6.51. The van der Waals surface area contributed by atoms with Crippen LogP contribution in [0.15, 0.2) is 22.7 Å². The third-order valence-electron chi connectivity index (χ3n) is 3.43. The topological polar surface area (TPSA) is 26.0 Å². The fourth-order valence-corrected chi connectivity index (χ4v) is 3.41. The van der Waals surface area contributed by atoms with Gasteiger partial charge >= 0.3 is 0 Å². The zero-order valence-corrected chi connectivity index (χ0v) is 13.2. The minimum absolute atomic E-state index is 0.0682. The van der Waals surface area contributed by atoms with Gasteiger partial charge in [0.2, 0.25) is 0 Å². The van der Waals surface area contributed by atoms with Crippen LogP contribution in [0.1, 0.15) is 33.3 Å². The van der Waals surface area contributed by atoms with Crippen LogP contribution in [-0.2, 0) is 6.42 Å². The number of nitrogens with two attached hydrogens (primary N) is 1. The van der Waals surface area contributed by atoms with Crippen LogP contribution >= 0.6 is 15.9 Å². The van der Waals surface area contributed by atoms with E-state index < -0.39 is 0 Å². The van der Waals surface area contributed by atoms with E-state index >= 15 is 0 Å². The Morgan fingerprint density at radius 3 is 2.11 bits per heavy atom. The second kappa shape index (κ2) is 6.67. The maximum Gasteiger partial charge on any atom is 0.124 e. The second-order valence-electron chi connectivity index (χ2n) is 5.71. The predicted octanol–water partition coefficient (Wildman–Crippen LogP) is 4.39. The van der Waals surface area contributed by atoms with Gasteiger partial charge in [-0.2, -0.15) is 0 Å². The monoisotopic (exact) mass is 315 g/mol. The molecule has 0 aromatic heterocycles. The Morgan fingerprint density at radius 1 is 1.11 bits per heavy atom. The highest BCUT2D eigenvalue weighted by Crippen LogP contribution is 2.26. The Balaban J connectivity index is 2.82. The van der Waals surface area contributed by atoms with E-state index in [0.29, 0.717) is 17.8 Å². The number of hydrogen-bond acceptors (Lipinski definition) is 1. The maximum atomic E-state index is 13.3. The van der Waals surface area contributed by atoms with Crippen LogP contribution in [0.2, 0.25) is 0 Å². The quantitative estimate of drug-likeness (QED) is 0.857. The summed E-state index contributed by atoms with van der Waals surface area (Å²) in [5.74, 6) is 1.32. The van der Waals surface area contributed by atoms with E-state index in [9.17, 15) is 4.39 Å². The summed E-state index contributed by atoms with van der Waals surface area (Å²) in [5.41, 5.74) is 7.27. The first-order valence-corrected chi connectivity index (χ1v) is 7.31. The van der Waals surface area contributed by atoms with E-state index in [1.54, 1.807) is 6.07 Å². The summed E-state index contributed by atoms with van der Waals surface area (Å²) >= 11 is 3.32. The Kier molecular flexibility index (Phi) is 5.80. The van der Waals surface area contributed by atoms with Crippen LogP contribution in [0.25, 0.3) is 0 Å². The van der Waals surface area contributed by atoms with Crippen molar-refractivity contribution in [1.82, 2.24) is 0 Å². The van der Waals surface area contributed by atoms with Crippen LogP contribution < -0.4 is 5.73 Å². The third-order valence-corrected chi connectivity index (χ3v) is 3.89. The van der Waals surface area contributed by atoms with Crippen molar-refractivity contribution < 1.29 is 4.39 Å². The number of halogens is 2. The Morgan fingerprint density at radius 2 is 1.67 bits per heavy atom. The molecule has 1 aromatic carbocycles. The lowest BCUT2D eigenvalue weighted by Gasteiger charge is -2.31. The number of benzene rings is 1. The summed E-state index contributed by atoms with van der Waals surface area (Å²) in [5, 5.41) is 0. The molecule has 0 aliphatic rings. The van der Waals surface area contributed by atoms with Gasteiger partial charge in [0.25, 0.3) is 0 Å². The van der Waals surface area contributed by atoms with Crippen molar-refractivity contribution in [2.75, 3.05) is 0 Å². The van der Waals surface area contributed by atoms with Gasteiger partial charge in [-0.05, 0) is 47.9 Å². The molecule has 0 saturated heterocycles. The van der Waals surface area contributed by atoms with Crippen molar-refractivity contribution in [3.63, 3.8) is 0 Å². The first-order chi connectivity index (χ1) is 8.31. The van der Waals surface area contributed by atoms with E-state index in [2.05, 4.69) is 43.6 Å². The molecular formula is C15H23BrFN. The van der Waals surface area contributed by atoms with Crippen LogP contribution in [-0.4, -0.2) is 6.04 Å². The van der Waals surface area contributed by atoms with Gasteiger partial charge in [0.1, 0.15) is 5.82 Å². The normalized spacial score (nSPS) is 13.7. The van der Waals surface area contributed by atoms with Crippen LogP contribution in [0.5, 0.6) is 0 Å². The molecule has 0 fully saturated rings. The highest BCUT2D eigenvalue weighted by atomic mass is 79.9. The van der Waals surface area contributed by atoms with E-state index in [-0.39, 0.29) is 11.9 Å². The molecule has 1 aromatic rings. The van der Waals surface area contributed by atoms with Crippen molar-refractivity contribution in [1.29, 1.82) is 0 Å². The molecule has 0 aliphatic carbocycles. The van der Waals surface area contributed by atoms with E-state index in [0.717, 1.165) is 16.5 Å². The largest absolute Gasteiger partial charge is 0.327 e. The summed E-state index contributed by atoms with van der Waals surface area (Å²) in [7, 11) is 0. The van der Waals surface area contributed by atoms with Crippen molar-refractivity contribution >= 4 is 15.9 Å². The van der Waals surface area contributed by atoms with Crippen LogP contribution in [0, 0.1) is 23.6 Å². The molecule has 102 valence electrons. The molecule has 0 aliphatic heterocycles. The molecular weight excluding hydrogens is 293 g/mol. The molecule has 0 saturated carbocycles. The number of hydrogen-bond donors (Lipinski definition) is 1. The molecule has 0 radical (unpaired) electrons. The maximum absolute atomic E-state index is 13.3. The van der Waals surface area contributed by atoms with E-state index in [1.165, 1.54) is 6.07 Å². The van der Waals surface area contributed by atoms with Gasteiger partial charge < -0.3 is 5.73 Å². The zero-order chi connectivity index (χ0) is 13.9. The van der Waals surface area contributed by atoms with Crippen molar-refractivity contribution in [3.8, 4) is 0 Å². The lowest BCUT2D eigenvalue weighted by molar-refractivity contribution is 0.237. The highest BCUT2D eigenvalue weighted by molar-refractivity contribution is 9.10. The molecule has 0 amide bonds. The summed E-state index contributed by atoms with van der Waals surface area (Å²) in [4.78, 5) is 0. The molecule has 2 N–H and O–H groups in total. The molecule has 1 unspecified atom stereocenters. The van der Waals surface area contributed by atoms with Crippen LogP contribution in [0.4, 0.5) is 4.39 Å². The van der Waals surface area contributed by atoms with Gasteiger partial charge in [0, 0.05) is 10.5 Å². The molecule has 0 heterocycles. The average Bonchev–Trinajstić information content (AvgIpc) is 2.13. The number of rotatable bonds is 5. The smallest absolute Gasteiger partial charge is 0.124 e. The fraction of sp³-hybridized carbons (Fsp3) is 0.600. The van der Waals surface area contributed by atoms with Gasteiger partial charge in [-0.15, -0.1) is 0 Å². The predicted molar refractivity (Wildman–Crippen MR) is 78.9 cm³/mol. The molecule has 1 nitrogen and oxygen atoms in total. The van der Waals surface area contributed by atoms with Crippen LogP contribution in [0.3, 0.4) is 0 Å². The van der Waals surface area contributed by atoms with E-state index in [4.69, 9.17) is 5.73 Å². The zero-order valence-electron chi connectivity index (χ0n) is 11.6. The standard InChI is InChI=1S/C15H23BrFN/c1-9(2)15(10(3)4)14(18)7-11-5-12(16)8-13(17)6-11/h5-6,8-10,14-15H,7,18H2,1-4H3. The average molecular weight is 316 g/mol. The summed E-state index contributed by atoms with van der Waals surface area (Å²) < 4.78 is 14.1. The molecule has 3 heteroatoms. The summed E-state index contributed by atoms with van der Waals surface area (Å²) in [6.07, 6.45) is 0.720. The van der Waals surface area contributed by atoms with Gasteiger partial charge in [0.15, 0.2) is 0 Å². The lowest BCUT2D eigenvalue weighted by Crippen LogP contribution is -2.38. The first kappa shape index (κ1) is 15.6. The summed E-state index contributed by atoms with van der Waals surface area (Å²) in [6, 6.07) is 5.05. The molecule has 18 heavy (non-hydrogen) atoms. The van der Waals surface area contributed by atoms with Gasteiger partial charge in [-0.1, -0.05) is 43.6 Å². The second-order valence-corrected chi connectivity index (χ2v) is 6.63. The molecule has 0 bridgehead atoms. The van der Waals surface area contributed by atoms with Crippen molar-refractivity contribution in [3.05, 3.63) is 34.1 Å². The SMILES string of the molecule is CC(C)C(C(C)C)C(N)Cc1cc(F)cc(Br)c1. The summed E-state index contributed by atoms with van der Waals surface area (Å²) in [6.45, 7) is 8.80. The fourth-order valence-electron chi connectivity index (χ4n) is 2.90. The third kappa shape index (κ3) is 4.36. The Labute approximate surface area is 118 Å². The van der Waals surface area contributed by atoms with Gasteiger partial charge in [0.05, 0.1) is 0 Å². The van der Waals surface area contributed by atoms with Gasteiger partial charge in [-0.25, -0.2) is 4.39 Å². The Hall–Kier alpha value is -0.410. The minimum Gasteiger partial charge on any atom is -0.327 e. The highest BCUT2D eigenvalue weighted by Gasteiger charge is 2.24. The van der Waals surface area contributed by atoms with E-state index in [1.807, 2.05) is 6.07 Å². The van der Waals surface area contributed by atoms with Crippen molar-refractivity contribution in [2.45, 2.75) is 40.2 Å². The lowest BCUT2D eigenvalue weighted by atomic mass is 9.78. The molecule has 1 atom stereocenters. The van der Waals surface area contributed by atoms with Gasteiger partial charge in [-0.3, -0.25) is 0 Å². The molecule has 0 spiro atoms. The Bertz CT molecular complexity index is 362. The minimum atomic E-state index is -0.211. The molecule has 1 rings (SSSR count).